The van der Waals surface area contributed by atoms with Crippen molar-refractivity contribution in [2.24, 2.45) is 0 Å². The van der Waals surface area contributed by atoms with Gasteiger partial charge in [-0.15, -0.1) is 0 Å². The number of methoxy groups -OCH3 is 1. The first-order valence-corrected chi connectivity index (χ1v) is 10.7. The topological polar surface area (TPSA) is 93.9 Å². The standard InChI is InChI=1S/C24H22F3N3O5/c1-34-16-9-7-15(8-10-16)13-30-22(31)19(24(25,26)27)12-21(28-30)29-14-18(11-20(29)23(32)33)35-17-5-3-2-4-6-17/h2-10,12,18,20H,11,13-14H2,1H3,(H,32,33)/t18-,20-/m0/s1. The number of carbonyl (C=O) groups is 1. The molecule has 0 radical (unpaired) electrons. The van der Waals surface area contributed by atoms with Gasteiger partial charge in [-0.3, -0.25) is 4.79 Å². The van der Waals surface area contributed by atoms with Crippen molar-refractivity contribution in [1.29, 1.82) is 0 Å². The number of alkyl halides is 3. The number of aromatic nitrogens is 2. The van der Waals surface area contributed by atoms with Crippen molar-refractivity contribution in [3.05, 3.63) is 82.1 Å². The number of hydrogen-bond acceptors (Lipinski definition) is 6. The number of para-hydroxylation sites is 1. The van der Waals surface area contributed by atoms with E-state index in [4.69, 9.17) is 9.47 Å². The summed E-state index contributed by atoms with van der Waals surface area (Å²) in [5.41, 5.74) is -2.22. The number of rotatable bonds is 7. The fourth-order valence-corrected chi connectivity index (χ4v) is 3.94. The van der Waals surface area contributed by atoms with Crippen molar-refractivity contribution in [3.8, 4) is 11.5 Å². The van der Waals surface area contributed by atoms with E-state index in [0.717, 1.165) is 0 Å². The molecule has 1 aliphatic rings. The van der Waals surface area contributed by atoms with Crippen LogP contribution >= 0.6 is 0 Å². The molecule has 2 heterocycles. The number of aliphatic carboxylic acids is 1. The van der Waals surface area contributed by atoms with E-state index in [1.165, 1.54) is 12.0 Å². The molecule has 0 spiro atoms. The lowest BCUT2D eigenvalue weighted by atomic mass is 10.2. The lowest BCUT2D eigenvalue weighted by molar-refractivity contribution is -0.139. The van der Waals surface area contributed by atoms with Crippen LogP contribution in [0.1, 0.15) is 17.5 Å². The number of halogens is 3. The van der Waals surface area contributed by atoms with Crippen LogP contribution in [0.2, 0.25) is 0 Å². The number of nitrogens with zero attached hydrogens (tertiary/aromatic N) is 3. The van der Waals surface area contributed by atoms with Crippen molar-refractivity contribution in [1.82, 2.24) is 9.78 Å². The molecule has 1 fully saturated rings. The van der Waals surface area contributed by atoms with E-state index in [9.17, 15) is 27.9 Å². The largest absolute Gasteiger partial charge is 0.497 e. The molecule has 0 aliphatic carbocycles. The predicted molar refractivity (Wildman–Crippen MR) is 120 cm³/mol. The first kappa shape index (κ1) is 24.1. The zero-order chi connectivity index (χ0) is 25.2. The van der Waals surface area contributed by atoms with Crippen LogP contribution in [0.5, 0.6) is 11.5 Å². The van der Waals surface area contributed by atoms with Gasteiger partial charge < -0.3 is 19.5 Å². The zero-order valence-corrected chi connectivity index (χ0v) is 18.6. The van der Waals surface area contributed by atoms with Crippen molar-refractivity contribution in [2.45, 2.75) is 31.3 Å². The minimum Gasteiger partial charge on any atom is -0.497 e. The molecule has 1 saturated heterocycles. The minimum atomic E-state index is -4.95. The average molecular weight is 489 g/mol. The summed E-state index contributed by atoms with van der Waals surface area (Å²) in [7, 11) is 1.48. The SMILES string of the molecule is COc1ccc(Cn2nc(N3C[C@@H](Oc4ccccc4)C[C@H]3C(=O)O)cc(C(F)(F)F)c2=O)cc1. The Balaban J connectivity index is 1.70. The average Bonchev–Trinajstić information content (AvgIpc) is 3.25. The number of anilines is 1. The normalized spacial score (nSPS) is 17.9. The van der Waals surface area contributed by atoms with Gasteiger partial charge in [0.1, 0.15) is 29.2 Å². The summed E-state index contributed by atoms with van der Waals surface area (Å²) in [6.45, 7) is -0.258. The van der Waals surface area contributed by atoms with E-state index < -0.39 is 35.4 Å². The molecule has 0 saturated carbocycles. The Morgan fingerprint density at radius 3 is 2.40 bits per heavy atom. The number of hydrogen-bond donors (Lipinski definition) is 1. The molecule has 2 atom stereocenters. The second kappa shape index (κ2) is 9.69. The van der Waals surface area contributed by atoms with E-state index in [0.29, 0.717) is 27.8 Å². The summed E-state index contributed by atoms with van der Waals surface area (Å²) in [5.74, 6) is -0.439. The molecule has 0 unspecified atom stereocenters. The third-order valence-corrected chi connectivity index (χ3v) is 5.65. The van der Waals surface area contributed by atoms with E-state index in [-0.39, 0.29) is 25.3 Å². The predicted octanol–water partition coefficient (Wildman–Crippen LogP) is 3.43. The Bertz CT molecular complexity index is 1250. The van der Waals surface area contributed by atoms with Gasteiger partial charge >= 0.3 is 12.1 Å². The molecule has 0 bridgehead atoms. The summed E-state index contributed by atoms with van der Waals surface area (Å²) < 4.78 is 52.8. The Hall–Kier alpha value is -4.02. The molecule has 0 amide bonds. The third kappa shape index (κ3) is 5.39. The van der Waals surface area contributed by atoms with Crippen LogP contribution in [-0.4, -0.2) is 46.7 Å². The van der Waals surface area contributed by atoms with Crippen molar-refractivity contribution in [2.75, 3.05) is 18.6 Å². The Labute approximate surface area is 198 Å². The van der Waals surface area contributed by atoms with Crippen LogP contribution in [0.4, 0.5) is 19.0 Å². The molecular formula is C24H22F3N3O5. The maximum Gasteiger partial charge on any atom is 0.421 e. The third-order valence-electron chi connectivity index (χ3n) is 5.65. The summed E-state index contributed by atoms with van der Waals surface area (Å²) in [6, 6.07) is 14.6. The molecule has 2 aromatic carbocycles. The van der Waals surface area contributed by atoms with Gasteiger partial charge in [-0.2, -0.15) is 18.3 Å². The molecule has 184 valence electrons. The maximum atomic E-state index is 13.7. The van der Waals surface area contributed by atoms with Crippen molar-refractivity contribution < 1.29 is 32.5 Å². The van der Waals surface area contributed by atoms with Crippen molar-refractivity contribution >= 4 is 11.8 Å². The lowest BCUT2D eigenvalue weighted by Crippen LogP contribution is -2.39. The van der Waals surface area contributed by atoms with Gasteiger partial charge in [0.05, 0.1) is 20.2 Å². The highest BCUT2D eigenvalue weighted by Crippen LogP contribution is 2.32. The summed E-state index contributed by atoms with van der Waals surface area (Å²) in [4.78, 5) is 25.8. The first-order valence-electron chi connectivity index (χ1n) is 10.7. The van der Waals surface area contributed by atoms with Crippen LogP contribution in [0.25, 0.3) is 0 Å². The summed E-state index contributed by atoms with van der Waals surface area (Å²) in [6.07, 6.45) is -5.52. The van der Waals surface area contributed by atoms with Gasteiger partial charge in [0.25, 0.3) is 5.56 Å². The summed E-state index contributed by atoms with van der Waals surface area (Å²) >= 11 is 0. The number of carboxylic acid groups (broad SMARTS) is 1. The smallest absolute Gasteiger partial charge is 0.421 e. The number of benzene rings is 2. The van der Waals surface area contributed by atoms with Crippen LogP contribution in [0.3, 0.4) is 0 Å². The van der Waals surface area contributed by atoms with Gasteiger partial charge in [0.2, 0.25) is 0 Å². The molecule has 11 heteroatoms. The molecule has 1 aliphatic heterocycles. The van der Waals surface area contributed by atoms with E-state index in [1.807, 2.05) is 0 Å². The molecule has 8 nitrogen and oxygen atoms in total. The van der Waals surface area contributed by atoms with E-state index in [1.54, 1.807) is 54.6 Å². The van der Waals surface area contributed by atoms with Gasteiger partial charge in [0.15, 0.2) is 5.82 Å². The zero-order valence-electron chi connectivity index (χ0n) is 18.6. The quantitative estimate of drug-likeness (QED) is 0.544. The Kier molecular flexibility index (Phi) is 6.68. The Morgan fingerprint density at radius 2 is 1.80 bits per heavy atom. The van der Waals surface area contributed by atoms with E-state index >= 15 is 0 Å². The highest BCUT2D eigenvalue weighted by atomic mass is 19.4. The fourth-order valence-electron chi connectivity index (χ4n) is 3.94. The molecular weight excluding hydrogens is 467 g/mol. The van der Waals surface area contributed by atoms with Crippen LogP contribution in [-0.2, 0) is 17.5 Å². The highest BCUT2D eigenvalue weighted by Gasteiger charge is 2.41. The molecule has 4 rings (SSSR count). The minimum absolute atomic E-state index is 0.0170. The monoisotopic (exact) mass is 489 g/mol. The van der Waals surface area contributed by atoms with Crippen LogP contribution < -0.4 is 19.9 Å². The second-order valence-electron chi connectivity index (χ2n) is 8.02. The number of ether oxygens (including phenoxy) is 2. The molecule has 1 N–H and O–H groups in total. The molecule has 3 aromatic rings. The van der Waals surface area contributed by atoms with Gasteiger partial charge in [0, 0.05) is 12.5 Å². The second-order valence-corrected chi connectivity index (χ2v) is 8.02. The van der Waals surface area contributed by atoms with Gasteiger partial charge in [-0.1, -0.05) is 30.3 Å². The number of carboxylic acids is 1. The fraction of sp³-hybridized carbons (Fsp3) is 0.292. The lowest BCUT2D eigenvalue weighted by Gasteiger charge is -2.24. The molecule has 1 aromatic heterocycles. The van der Waals surface area contributed by atoms with Gasteiger partial charge in [-0.25, -0.2) is 9.48 Å². The van der Waals surface area contributed by atoms with Crippen molar-refractivity contribution in [3.63, 3.8) is 0 Å². The van der Waals surface area contributed by atoms with E-state index in [2.05, 4.69) is 5.10 Å². The summed E-state index contributed by atoms with van der Waals surface area (Å²) in [5, 5.41) is 13.9. The highest BCUT2D eigenvalue weighted by molar-refractivity contribution is 5.78. The maximum absolute atomic E-state index is 13.7. The van der Waals surface area contributed by atoms with Gasteiger partial charge in [-0.05, 0) is 29.8 Å². The van der Waals surface area contributed by atoms with Crippen LogP contribution in [0, 0.1) is 0 Å². The Morgan fingerprint density at radius 1 is 1.11 bits per heavy atom. The first-order chi connectivity index (χ1) is 16.7. The van der Waals surface area contributed by atoms with Crippen LogP contribution in [0.15, 0.2) is 65.5 Å². The molecule has 35 heavy (non-hydrogen) atoms.